The van der Waals surface area contributed by atoms with E-state index in [-0.39, 0.29) is 43.1 Å². The van der Waals surface area contributed by atoms with Gasteiger partial charge in [-0.05, 0) is 30.0 Å². The number of halogens is 1. The highest BCUT2D eigenvalue weighted by atomic mass is 19.1. The maximum atomic E-state index is 13.4. The molecule has 8 heteroatoms. The van der Waals surface area contributed by atoms with Crippen LogP contribution in [0.5, 0.6) is 0 Å². The highest BCUT2D eigenvalue weighted by Crippen LogP contribution is 2.30. The minimum absolute atomic E-state index is 0.0896. The average Bonchev–Trinajstić information content (AvgIpc) is 2.66. The van der Waals surface area contributed by atoms with Crippen molar-refractivity contribution in [1.82, 2.24) is 14.7 Å². The minimum Gasteiger partial charge on any atom is -0.465 e. The first kappa shape index (κ1) is 20.1. The van der Waals surface area contributed by atoms with Crippen molar-refractivity contribution in [1.29, 1.82) is 0 Å². The molecule has 1 aromatic rings. The van der Waals surface area contributed by atoms with E-state index in [1.54, 1.807) is 17.0 Å². The summed E-state index contributed by atoms with van der Waals surface area (Å²) in [7, 11) is 0. The normalized spacial score (nSPS) is 23.6. The number of carboxylic acid groups (broad SMARTS) is 1. The van der Waals surface area contributed by atoms with Crippen LogP contribution in [0, 0.1) is 11.7 Å². The summed E-state index contributed by atoms with van der Waals surface area (Å²) in [6.07, 6.45) is -0.526. The van der Waals surface area contributed by atoms with Gasteiger partial charge >= 0.3 is 6.09 Å². The number of amides is 3. The van der Waals surface area contributed by atoms with E-state index in [0.717, 1.165) is 5.56 Å². The molecule has 0 radical (unpaired) electrons. The maximum absolute atomic E-state index is 13.4. The van der Waals surface area contributed by atoms with E-state index in [1.165, 1.54) is 21.9 Å². The second kappa shape index (κ2) is 8.16. The molecule has 28 heavy (non-hydrogen) atoms. The first-order valence-electron chi connectivity index (χ1n) is 9.67. The summed E-state index contributed by atoms with van der Waals surface area (Å²) in [4.78, 5) is 41.8. The van der Waals surface area contributed by atoms with Crippen LogP contribution in [-0.4, -0.2) is 69.6 Å². The van der Waals surface area contributed by atoms with Crippen molar-refractivity contribution in [2.75, 3.05) is 19.6 Å². The van der Waals surface area contributed by atoms with Gasteiger partial charge in [0.05, 0.1) is 6.54 Å². The summed E-state index contributed by atoms with van der Waals surface area (Å²) in [6.45, 7) is 4.47. The van der Waals surface area contributed by atoms with Crippen LogP contribution in [0.3, 0.4) is 0 Å². The summed E-state index contributed by atoms with van der Waals surface area (Å²) in [5.74, 6) is -0.765. The number of hydrogen-bond donors (Lipinski definition) is 1. The lowest BCUT2D eigenvalue weighted by Gasteiger charge is -2.52. The van der Waals surface area contributed by atoms with E-state index in [9.17, 15) is 23.9 Å². The predicted molar refractivity (Wildman–Crippen MR) is 99.9 cm³/mol. The van der Waals surface area contributed by atoms with Gasteiger partial charge in [-0.25, -0.2) is 9.18 Å². The summed E-state index contributed by atoms with van der Waals surface area (Å²) >= 11 is 0. The van der Waals surface area contributed by atoms with Crippen molar-refractivity contribution in [2.45, 2.75) is 45.3 Å². The lowest BCUT2D eigenvalue weighted by molar-refractivity contribution is -0.170. The van der Waals surface area contributed by atoms with Crippen LogP contribution in [0.4, 0.5) is 9.18 Å². The van der Waals surface area contributed by atoms with Gasteiger partial charge in [-0.3, -0.25) is 14.5 Å². The SMILES string of the molecule is CC[C@@H](C)[C@H]1C(=O)N(CCc2cccc(F)c2)C[C@@H]2N(C(=O)O)CCC(=O)N12. The number of piperazine rings is 1. The standard InChI is InChI=1S/C20H26FN3O4/c1-3-13(2)18-19(26)22(9-7-14-5-4-6-15(21)11-14)12-16-23(20(27)28)10-8-17(25)24(16)18/h4-6,11,13,16,18H,3,7-10,12H2,1-2H3,(H,27,28)/t13-,16-,18+/m1/s1. The number of nitrogens with zero attached hydrogens (tertiary/aromatic N) is 3. The van der Waals surface area contributed by atoms with Crippen molar-refractivity contribution < 1.29 is 23.9 Å². The first-order chi connectivity index (χ1) is 13.3. The summed E-state index contributed by atoms with van der Waals surface area (Å²) in [5.41, 5.74) is 0.769. The van der Waals surface area contributed by atoms with Crippen molar-refractivity contribution in [3.8, 4) is 0 Å². The molecule has 2 fully saturated rings. The zero-order valence-electron chi connectivity index (χ0n) is 16.2. The summed E-state index contributed by atoms with van der Waals surface area (Å²) < 4.78 is 13.4. The summed E-state index contributed by atoms with van der Waals surface area (Å²) in [5, 5.41) is 9.58. The third-order valence-electron chi connectivity index (χ3n) is 5.77. The molecule has 0 bridgehead atoms. The van der Waals surface area contributed by atoms with Crippen LogP contribution in [-0.2, 0) is 16.0 Å². The van der Waals surface area contributed by atoms with Crippen molar-refractivity contribution in [2.24, 2.45) is 5.92 Å². The Hall–Kier alpha value is -2.64. The van der Waals surface area contributed by atoms with Gasteiger partial charge in [0.2, 0.25) is 11.8 Å². The molecule has 0 aliphatic carbocycles. The fourth-order valence-corrected chi connectivity index (χ4v) is 4.05. The molecular weight excluding hydrogens is 365 g/mol. The molecule has 0 aromatic heterocycles. The van der Waals surface area contributed by atoms with E-state index in [1.807, 2.05) is 13.8 Å². The molecule has 7 nitrogen and oxygen atoms in total. The molecule has 3 rings (SSSR count). The van der Waals surface area contributed by atoms with Gasteiger partial charge in [0, 0.05) is 19.5 Å². The maximum Gasteiger partial charge on any atom is 0.409 e. The summed E-state index contributed by atoms with van der Waals surface area (Å²) in [6, 6.07) is 5.54. The second-order valence-electron chi connectivity index (χ2n) is 7.50. The van der Waals surface area contributed by atoms with Gasteiger partial charge in [-0.1, -0.05) is 32.4 Å². The molecule has 0 saturated carbocycles. The quantitative estimate of drug-likeness (QED) is 0.834. The van der Waals surface area contributed by atoms with Crippen LogP contribution >= 0.6 is 0 Å². The molecule has 0 spiro atoms. The number of hydrogen-bond acceptors (Lipinski definition) is 3. The number of rotatable bonds is 5. The highest BCUT2D eigenvalue weighted by molar-refractivity contribution is 5.90. The Labute approximate surface area is 163 Å². The Morgan fingerprint density at radius 3 is 2.75 bits per heavy atom. The van der Waals surface area contributed by atoms with E-state index in [2.05, 4.69) is 0 Å². The van der Waals surface area contributed by atoms with Gasteiger partial charge in [0.15, 0.2) is 0 Å². The molecule has 1 aromatic carbocycles. The van der Waals surface area contributed by atoms with Crippen LogP contribution in [0.25, 0.3) is 0 Å². The van der Waals surface area contributed by atoms with Gasteiger partial charge < -0.3 is 14.9 Å². The van der Waals surface area contributed by atoms with Crippen molar-refractivity contribution >= 4 is 17.9 Å². The zero-order chi connectivity index (χ0) is 20.4. The molecule has 152 valence electrons. The molecule has 0 unspecified atom stereocenters. The molecule has 3 amide bonds. The molecule has 2 aliphatic heterocycles. The smallest absolute Gasteiger partial charge is 0.409 e. The van der Waals surface area contributed by atoms with E-state index in [0.29, 0.717) is 19.4 Å². The minimum atomic E-state index is -1.09. The second-order valence-corrected chi connectivity index (χ2v) is 7.50. The zero-order valence-corrected chi connectivity index (χ0v) is 16.2. The van der Waals surface area contributed by atoms with Crippen LogP contribution in [0.1, 0.15) is 32.3 Å². The Kier molecular flexibility index (Phi) is 5.86. The molecule has 1 N–H and O–H groups in total. The number of fused-ring (bicyclic) bond motifs is 1. The first-order valence-corrected chi connectivity index (χ1v) is 9.67. The van der Waals surface area contributed by atoms with E-state index < -0.39 is 18.3 Å². The van der Waals surface area contributed by atoms with Crippen LogP contribution in [0.15, 0.2) is 24.3 Å². The lowest BCUT2D eigenvalue weighted by Crippen LogP contribution is -2.72. The van der Waals surface area contributed by atoms with Gasteiger partial charge in [0.25, 0.3) is 0 Å². The average molecular weight is 391 g/mol. The molecule has 3 atom stereocenters. The van der Waals surface area contributed by atoms with Crippen LogP contribution in [0.2, 0.25) is 0 Å². The largest absolute Gasteiger partial charge is 0.465 e. The highest BCUT2D eigenvalue weighted by Gasteiger charge is 2.50. The monoisotopic (exact) mass is 391 g/mol. The van der Waals surface area contributed by atoms with Gasteiger partial charge in [-0.2, -0.15) is 0 Å². The topological polar surface area (TPSA) is 81.2 Å². The van der Waals surface area contributed by atoms with Gasteiger partial charge in [-0.15, -0.1) is 0 Å². The fraction of sp³-hybridized carbons (Fsp3) is 0.550. The number of carbonyl (C=O) groups excluding carboxylic acids is 2. The predicted octanol–water partition coefficient (Wildman–Crippen LogP) is 2.16. The Bertz CT molecular complexity index is 772. The number of carbonyl (C=O) groups is 3. The molecule has 2 heterocycles. The fourth-order valence-electron chi connectivity index (χ4n) is 4.05. The lowest BCUT2D eigenvalue weighted by atomic mass is 9.91. The molecule has 2 saturated heterocycles. The van der Waals surface area contributed by atoms with E-state index in [4.69, 9.17) is 0 Å². The van der Waals surface area contributed by atoms with Gasteiger partial charge in [0.1, 0.15) is 18.0 Å². The molecular formula is C20H26FN3O4. The Morgan fingerprint density at radius 1 is 1.36 bits per heavy atom. The Balaban J connectivity index is 1.86. The Morgan fingerprint density at radius 2 is 2.11 bits per heavy atom. The third kappa shape index (κ3) is 3.81. The number of benzene rings is 1. The third-order valence-corrected chi connectivity index (χ3v) is 5.77. The van der Waals surface area contributed by atoms with E-state index >= 15 is 0 Å². The molecule has 2 aliphatic rings. The van der Waals surface area contributed by atoms with Crippen molar-refractivity contribution in [3.63, 3.8) is 0 Å². The van der Waals surface area contributed by atoms with Crippen LogP contribution < -0.4 is 0 Å². The van der Waals surface area contributed by atoms with Crippen molar-refractivity contribution in [3.05, 3.63) is 35.6 Å².